The smallest absolute Gasteiger partial charge is 0.326 e. The van der Waals surface area contributed by atoms with Crippen molar-refractivity contribution >= 4 is 23.7 Å². The number of hydrogen-bond donors (Lipinski definition) is 6. The summed E-state index contributed by atoms with van der Waals surface area (Å²) in [7, 11) is 0. The van der Waals surface area contributed by atoms with E-state index in [0.29, 0.717) is 0 Å². The quantitative estimate of drug-likeness (QED) is 0.276. The predicted molar refractivity (Wildman–Crippen MR) is 105 cm³/mol. The Morgan fingerprint density at radius 2 is 1.59 bits per heavy atom. The first kappa shape index (κ1) is 23.9. The van der Waals surface area contributed by atoms with Crippen molar-refractivity contribution in [3.05, 3.63) is 29.8 Å². The highest BCUT2D eigenvalue weighted by molar-refractivity contribution is 5.90. The van der Waals surface area contributed by atoms with E-state index in [9.17, 15) is 24.3 Å². The number of carboxylic acid groups (broad SMARTS) is 1. The van der Waals surface area contributed by atoms with Crippen LogP contribution in [0.3, 0.4) is 0 Å². The molecule has 0 saturated heterocycles. The number of aliphatic carboxylic acids is 1. The van der Waals surface area contributed by atoms with Crippen molar-refractivity contribution in [1.82, 2.24) is 16.0 Å². The Hall–Kier alpha value is -3.14. The Balaban J connectivity index is 2.34. The highest BCUT2D eigenvalue weighted by atomic mass is 16.4. The van der Waals surface area contributed by atoms with Crippen molar-refractivity contribution in [3.63, 3.8) is 0 Å². The van der Waals surface area contributed by atoms with Crippen LogP contribution in [0.4, 0.5) is 0 Å². The minimum atomic E-state index is -1.15. The number of phenols is 1. The summed E-state index contributed by atoms with van der Waals surface area (Å²) in [6.45, 7) is 2.89. The van der Waals surface area contributed by atoms with Crippen molar-refractivity contribution in [1.29, 1.82) is 0 Å². The van der Waals surface area contributed by atoms with Crippen LogP contribution in [-0.2, 0) is 25.6 Å². The lowest BCUT2D eigenvalue weighted by Gasteiger charge is -2.16. The molecule has 2 atom stereocenters. The average Bonchev–Trinajstić information content (AvgIpc) is 2.65. The van der Waals surface area contributed by atoms with Gasteiger partial charge >= 0.3 is 5.97 Å². The molecule has 3 amide bonds. The Bertz CT molecular complexity index is 720. The molecule has 0 aliphatic rings. The molecule has 10 heteroatoms. The lowest BCUT2D eigenvalue weighted by molar-refractivity contribution is -0.142. The summed E-state index contributed by atoms with van der Waals surface area (Å²) in [5, 5.41) is 25.3. The fourth-order valence-corrected chi connectivity index (χ4v) is 2.46. The summed E-state index contributed by atoms with van der Waals surface area (Å²) in [5.74, 6) is -2.75. The van der Waals surface area contributed by atoms with Crippen LogP contribution >= 0.6 is 0 Å². The molecule has 29 heavy (non-hydrogen) atoms. The van der Waals surface area contributed by atoms with Gasteiger partial charge in [0.15, 0.2) is 0 Å². The summed E-state index contributed by atoms with van der Waals surface area (Å²) in [6, 6.07) is 4.32. The number of hydrogen-bond acceptors (Lipinski definition) is 6. The Morgan fingerprint density at radius 1 is 1.00 bits per heavy atom. The van der Waals surface area contributed by atoms with Gasteiger partial charge in [-0.2, -0.15) is 0 Å². The lowest BCUT2D eigenvalue weighted by Crippen LogP contribution is -2.49. The zero-order valence-corrected chi connectivity index (χ0v) is 16.5. The van der Waals surface area contributed by atoms with E-state index in [0.717, 1.165) is 5.56 Å². The first-order valence-corrected chi connectivity index (χ1v) is 9.18. The van der Waals surface area contributed by atoms with Gasteiger partial charge in [-0.25, -0.2) is 4.79 Å². The molecule has 0 aliphatic carbocycles. The normalized spacial score (nSPS) is 12.7. The van der Waals surface area contributed by atoms with Gasteiger partial charge in [-0.15, -0.1) is 0 Å². The minimum absolute atomic E-state index is 0.0759. The van der Waals surface area contributed by atoms with Crippen molar-refractivity contribution in [3.8, 4) is 5.75 Å². The van der Waals surface area contributed by atoms with E-state index in [1.165, 1.54) is 12.1 Å². The third-order valence-electron chi connectivity index (χ3n) is 3.94. The standard InChI is InChI=1S/C19H28N4O6/c1-11(2)7-15(19(28)29)23-17(26)10-21-16(25)9-22-18(27)14(20)8-12-3-5-13(24)6-4-12/h3-6,11,14-15,24H,7-10,20H2,1-2H3,(H,21,25)(H,22,27)(H,23,26)(H,28,29)/t14-,15-/m0/s1. The van der Waals surface area contributed by atoms with E-state index in [2.05, 4.69) is 16.0 Å². The van der Waals surface area contributed by atoms with Crippen molar-refractivity contribution in [2.75, 3.05) is 13.1 Å². The third kappa shape index (κ3) is 9.56. The zero-order valence-electron chi connectivity index (χ0n) is 16.5. The van der Waals surface area contributed by atoms with Crippen molar-refractivity contribution < 1.29 is 29.4 Å². The van der Waals surface area contributed by atoms with Gasteiger partial charge in [-0.05, 0) is 36.5 Å². The van der Waals surface area contributed by atoms with E-state index in [1.54, 1.807) is 12.1 Å². The molecule has 0 fully saturated rings. The number of benzene rings is 1. The van der Waals surface area contributed by atoms with E-state index >= 15 is 0 Å². The molecule has 0 unspecified atom stereocenters. The third-order valence-corrected chi connectivity index (χ3v) is 3.94. The number of amides is 3. The van der Waals surface area contributed by atoms with Crippen molar-refractivity contribution in [2.45, 2.75) is 38.8 Å². The molecule has 1 rings (SSSR count). The van der Waals surface area contributed by atoms with Gasteiger partial charge in [0.2, 0.25) is 17.7 Å². The van der Waals surface area contributed by atoms with Crippen LogP contribution in [0.1, 0.15) is 25.8 Å². The van der Waals surface area contributed by atoms with Crippen LogP contribution in [0.2, 0.25) is 0 Å². The molecule has 0 radical (unpaired) electrons. The fourth-order valence-electron chi connectivity index (χ4n) is 2.46. The summed E-state index contributed by atoms with van der Waals surface area (Å²) >= 11 is 0. The Labute approximate surface area is 168 Å². The molecule has 0 saturated carbocycles. The predicted octanol–water partition coefficient (Wildman–Crippen LogP) is -0.890. The number of nitrogens with one attached hydrogen (secondary N) is 3. The van der Waals surface area contributed by atoms with E-state index in [4.69, 9.17) is 10.8 Å². The Morgan fingerprint density at radius 3 is 2.14 bits per heavy atom. The maximum atomic E-state index is 12.0. The summed E-state index contributed by atoms with van der Waals surface area (Å²) in [4.78, 5) is 46.7. The summed E-state index contributed by atoms with van der Waals surface area (Å²) < 4.78 is 0. The SMILES string of the molecule is CC(C)C[C@H](NC(=O)CNC(=O)CNC(=O)[C@@H](N)Cc1ccc(O)cc1)C(=O)O. The monoisotopic (exact) mass is 408 g/mol. The number of nitrogens with two attached hydrogens (primary N) is 1. The van der Waals surface area contributed by atoms with E-state index < -0.39 is 42.3 Å². The average molecular weight is 408 g/mol. The number of carbonyl (C=O) groups is 4. The summed E-state index contributed by atoms with van der Waals surface area (Å²) in [6.07, 6.45) is 0.493. The second-order valence-electron chi connectivity index (χ2n) is 7.06. The highest BCUT2D eigenvalue weighted by Gasteiger charge is 2.21. The zero-order chi connectivity index (χ0) is 22.0. The van der Waals surface area contributed by atoms with E-state index in [1.807, 2.05) is 13.8 Å². The van der Waals surface area contributed by atoms with Crippen LogP contribution in [0.15, 0.2) is 24.3 Å². The van der Waals surface area contributed by atoms with Crippen LogP contribution in [-0.4, -0.2) is 59.1 Å². The molecule has 0 aliphatic heterocycles. The summed E-state index contributed by atoms with van der Waals surface area (Å²) in [5.41, 5.74) is 6.54. The molecule has 10 nitrogen and oxygen atoms in total. The van der Waals surface area contributed by atoms with Gasteiger partial charge in [-0.3, -0.25) is 14.4 Å². The molecule has 0 bridgehead atoms. The number of phenolic OH excluding ortho intramolecular Hbond substituents is 1. The fraction of sp³-hybridized carbons (Fsp3) is 0.474. The second kappa shape index (κ2) is 11.6. The molecule has 7 N–H and O–H groups in total. The molecule has 160 valence electrons. The molecule has 1 aromatic carbocycles. The number of carbonyl (C=O) groups excluding carboxylic acids is 3. The van der Waals surface area contributed by atoms with E-state index in [-0.39, 0.29) is 31.1 Å². The van der Waals surface area contributed by atoms with Crippen molar-refractivity contribution in [2.24, 2.45) is 11.7 Å². The first-order chi connectivity index (χ1) is 13.6. The topological polar surface area (TPSA) is 171 Å². The molecular formula is C19H28N4O6. The van der Waals surface area contributed by atoms with Gasteiger partial charge < -0.3 is 31.9 Å². The molecule has 0 heterocycles. The van der Waals surface area contributed by atoms with Gasteiger partial charge in [-0.1, -0.05) is 26.0 Å². The van der Waals surface area contributed by atoms with Crippen LogP contribution in [0.25, 0.3) is 0 Å². The van der Waals surface area contributed by atoms with Gasteiger partial charge in [0, 0.05) is 0 Å². The van der Waals surface area contributed by atoms with Crippen LogP contribution in [0, 0.1) is 5.92 Å². The maximum Gasteiger partial charge on any atom is 0.326 e. The Kier molecular flexibility index (Phi) is 9.60. The highest BCUT2D eigenvalue weighted by Crippen LogP contribution is 2.10. The van der Waals surface area contributed by atoms with Gasteiger partial charge in [0.05, 0.1) is 19.1 Å². The lowest BCUT2D eigenvalue weighted by atomic mass is 10.0. The molecule has 1 aromatic rings. The number of carboxylic acids is 1. The molecule has 0 aromatic heterocycles. The largest absolute Gasteiger partial charge is 0.508 e. The van der Waals surface area contributed by atoms with Gasteiger partial charge in [0.1, 0.15) is 11.8 Å². The first-order valence-electron chi connectivity index (χ1n) is 9.18. The maximum absolute atomic E-state index is 12.0. The number of aromatic hydroxyl groups is 1. The molecule has 0 spiro atoms. The van der Waals surface area contributed by atoms with Crippen LogP contribution in [0.5, 0.6) is 5.75 Å². The number of rotatable bonds is 11. The minimum Gasteiger partial charge on any atom is -0.508 e. The van der Waals surface area contributed by atoms with Gasteiger partial charge in [0.25, 0.3) is 0 Å². The second-order valence-corrected chi connectivity index (χ2v) is 7.06. The molecular weight excluding hydrogens is 380 g/mol. The van der Waals surface area contributed by atoms with Crippen LogP contribution < -0.4 is 21.7 Å².